The molecule has 0 radical (unpaired) electrons. The van der Waals surface area contributed by atoms with Gasteiger partial charge in [-0.2, -0.15) is 5.10 Å². The van der Waals surface area contributed by atoms with Crippen LogP contribution in [0.4, 0.5) is 5.82 Å². The molecular formula is C23H28ClN5O5S. The lowest BCUT2D eigenvalue weighted by molar-refractivity contribution is -0.137. The number of carbonyl (C=O) groups is 2. The Kier molecular flexibility index (Phi) is 9.05. The van der Waals surface area contributed by atoms with Crippen molar-refractivity contribution in [2.75, 3.05) is 58.6 Å². The molecule has 1 aliphatic rings. The molecule has 0 atom stereocenters. The van der Waals surface area contributed by atoms with Crippen LogP contribution in [0, 0.1) is 0 Å². The molecule has 0 saturated carbocycles. The predicted molar refractivity (Wildman–Crippen MR) is 133 cm³/mol. The van der Waals surface area contributed by atoms with Crippen LogP contribution in [0.5, 0.6) is 0 Å². The number of amides is 2. The topological polar surface area (TPSA) is 119 Å². The Hall–Kier alpha value is -2.57. The highest BCUT2D eigenvalue weighted by Gasteiger charge is 2.26. The molecule has 1 fully saturated rings. The number of benzene rings is 1. The van der Waals surface area contributed by atoms with Crippen molar-refractivity contribution >= 4 is 51.5 Å². The van der Waals surface area contributed by atoms with Gasteiger partial charge in [-0.15, -0.1) is 11.3 Å². The number of halogens is 1. The zero-order chi connectivity index (χ0) is 24.6. The molecule has 2 aromatic heterocycles. The molecule has 4 rings (SSSR count). The fraction of sp³-hybridized carbons (Fsp3) is 0.478. The number of rotatable bonds is 11. The molecule has 1 aliphatic heterocycles. The molecule has 188 valence electrons. The minimum absolute atomic E-state index is 0.0237. The second-order valence-electron chi connectivity index (χ2n) is 8.07. The lowest BCUT2D eigenvalue weighted by Gasteiger charge is -2.31. The monoisotopic (exact) mass is 521 g/mol. The summed E-state index contributed by atoms with van der Waals surface area (Å²) in [5, 5.41) is 13.6. The molecule has 1 saturated heterocycles. The highest BCUT2D eigenvalue weighted by Crippen LogP contribution is 2.31. The van der Waals surface area contributed by atoms with E-state index in [0.29, 0.717) is 61.4 Å². The maximum Gasteiger partial charge on any atom is 0.276 e. The SMILES string of the molecule is COCCOCCOCC(=O)N1CCC(c2nc(C(=O)Nc3n[nH]c4cccc(Cl)c34)cs2)CC1. The number of hydrogen-bond donors (Lipinski definition) is 2. The second kappa shape index (κ2) is 12.4. The lowest BCUT2D eigenvalue weighted by atomic mass is 9.97. The van der Waals surface area contributed by atoms with Gasteiger partial charge in [0, 0.05) is 31.5 Å². The second-order valence-corrected chi connectivity index (χ2v) is 9.37. The van der Waals surface area contributed by atoms with Crippen molar-refractivity contribution in [3.8, 4) is 0 Å². The van der Waals surface area contributed by atoms with Gasteiger partial charge in [-0.05, 0) is 25.0 Å². The van der Waals surface area contributed by atoms with Gasteiger partial charge in [0.05, 0.1) is 47.4 Å². The molecular weight excluding hydrogens is 494 g/mol. The summed E-state index contributed by atoms with van der Waals surface area (Å²) in [6.07, 6.45) is 1.58. The standard InChI is InChI=1S/C23H28ClN5O5S/c1-32-9-10-33-11-12-34-13-19(30)29-7-5-15(6-8-29)23-25-18(14-35-23)22(31)26-21-20-16(24)3-2-4-17(20)27-28-21/h2-4,14-15H,5-13H2,1H3,(H2,26,27,28,31). The number of anilines is 1. The number of methoxy groups -OCH3 is 1. The number of thiazole rings is 1. The van der Waals surface area contributed by atoms with Gasteiger partial charge in [-0.1, -0.05) is 17.7 Å². The van der Waals surface area contributed by atoms with E-state index in [4.69, 9.17) is 25.8 Å². The molecule has 3 aromatic rings. The van der Waals surface area contributed by atoms with Crippen LogP contribution in [0.25, 0.3) is 10.9 Å². The highest BCUT2D eigenvalue weighted by molar-refractivity contribution is 7.10. The van der Waals surface area contributed by atoms with E-state index in [9.17, 15) is 9.59 Å². The summed E-state index contributed by atoms with van der Waals surface area (Å²) >= 11 is 7.72. The maximum absolute atomic E-state index is 12.8. The molecule has 35 heavy (non-hydrogen) atoms. The van der Waals surface area contributed by atoms with Crippen molar-refractivity contribution in [3.63, 3.8) is 0 Å². The Labute approximate surface area is 211 Å². The number of aromatic nitrogens is 3. The fourth-order valence-corrected chi connectivity index (χ4v) is 5.10. The number of ether oxygens (including phenoxy) is 3. The summed E-state index contributed by atoms with van der Waals surface area (Å²) in [7, 11) is 1.62. The van der Waals surface area contributed by atoms with Crippen molar-refractivity contribution in [3.05, 3.63) is 39.3 Å². The van der Waals surface area contributed by atoms with Crippen LogP contribution in [0.15, 0.2) is 23.6 Å². The molecule has 3 heterocycles. The van der Waals surface area contributed by atoms with Crippen molar-refractivity contribution in [2.45, 2.75) is 18.8 Å². The Balaban J connectivity index is 1.23. The summed E-state index contributed by atoms with van der Waals surface area (Å²) in [6, 6.07) is 5.40. The summed E-state index contributed by atoms with van der Waals surface area (Å²) < 4.78 is 15.6. The largest absolute Gasteiger partial charge is 0.382 e. The van der Waals surface area contributed by atoms with Crippen molar-refractivity contribution < 1.29 is 23.8 Å². The summed E-state index contributed by atoms with van der Waals surface area (Å²) in [4.78, 5) is 31.5. The van der Waals surface area contributed by atoms with Crippen LogP contribution in [-0.4, -0.2) is 85.1 Å². The predicted octanol–water partition coefficient (Wildman–Crippen LogP) is 3.31. The quantitative estimate of drug-likeness (QED) is 0.371. The molecule has 2 N–H and O–H groups in total. The van der Waals surface area contributed by atoms with Gasteiger partial charge in [-0.25, -0.2) is 4.98 Å². The molecule has 0 spiro atoms. The van der Waals surface area contributed by atoms with Gasteiger partial charge in [0.25, 0.3) is 5.91 Å². The van der Waals surface area contributed by atoms with Gasteiger partial charge in [0.15, 0.2) is 5.82 Å². The normalized spacial score (nSPS) is 14.5. The van der Waals surface area contributed by atoms with E-state index in [1.165, 1.54) is 11.3 Å². The number of likely N-dealkylation sites (tertiary alicyclic amines) is 1. The Morgan fingerprint density at radius 3 is 2.77 bits per heavy atom. The Morgan fingerprint density at radius 2 is 1.97 bits per heavy atom. The third-order valence-electron chi connectivity index (χ3n) is 5.75. The van der Waals surface area contributed by atoms with Gasteiger partial charge < -0.3 is 24.4 Å². The first-order valence-electron chi connectivity index (χ1n) is 11.4. The Bertz CT molecular complexity index is 1140. The van der Waals surface area contributed by atoms with Gasteiger partial charge >= 0.3 is 0 Å². The molecule has 0 unspecified atom stereocenters. The lowest BCUT2D eigenvalue weighted by Crippen LogP contribution is -2.40. The van der Waals surface area contributed by atoms with Crippen LogP contribution in [0.2, 0.25) is 5.02 Å². The van der Waals surface area contributed by atoms with Gasteiger partial charge in [0.2, 0.25) is 5.91 Å². The molecule has 2 amide bonds. The smallest absolute Gasteiger partial charge is 0.276 e. The third kappa shape index (κ3) is 6.56. The molecule has 1 aromatic carbocycles. The number of H-pyrrole nitrogens is 1. The van der Waals surface area contributed by atoms with Crippen molar-refractivity contribution in [1.29, 1.82) is 0 Å². The summed E-state index contributed by atoms with van der Waals surface area (Å²) in [6.45, 7) is 3.17. The zero-order valence-corrected chi connectivity index (χ0v) is 21.0. The molecule has 0 bridgehead atoms. The van der Waals surface area contributed by atoms with E-state index >= 15 is 0 Å². The number of aromatic amines is 1. The van der Waals surface area contributed by atoms with E-state index in [1.54, 1.807) is 18.6 Å². The van der Waals surface area contributed by atoms with E-state index in [0.717, 1.165) is 23.4 Å². The summed E-state index contributed by atoms with van der Waals surface area (Å²) in [5.41, 5.74) is 1.08. The third-order valence-corrected chi connectivity index (χ3v) is 7.07. The van der Waals surface area contributed by atoms with Gasteiger partial charge in [0.1, 0.15) is 12.3 Å². The van der Waals surface area contributed by atoms with Gasteiger partial charge in [-0.3, -0.25) is 14.7 Å². The zero-order valence-electron chi connectivity index (χ0n) is 19.4. The molecule has 10 nitrogen and oxygen atoms in total. The first kappa shape index (κ1) is 25.5. The van der Waals surface area contributed by atoms with Crippen molar-refractivity contribution in [2.24, 2.45) is 0 Å². The maximum atomic E-state index is 12.8. The Morgan fingerprint density at radius 1 is 1.20 bits per heavy atom. The highest BCUT2D eigenvalue weighted by atomic mass is 35.5. The summed E-state index contributed by atoms with van der Waals surface area (Å²) in [5.74, 6) is 0.225. The number of piperidine rings is 1. The average molecular weight is 522 g/mol. The number of fused-ring (bicyclic) bond motifs is 1. The molecule has 12 heteroatoms. The number of nitrogens with zero attached hydrogens (tertiary/aromatic N) is 3. The van der Waals surface area contributed by atoms with E-state index in [1.807, 2.05) is 17.0 Å². The fourth-order valence-electron chi connectivity index (χ4n) is 3.86. The minimum atomic E-state index is -0.336. The number of carbonyl (C=O) groups excluding carboxylic acids is 2. The average Bonchev–Trinajstić information content (AvgIpc) is 3.52. The number of nitrogens with one attached hydrogen (secondary N) is 2. The van der Waals surface area contributed by atoms with Crippen LogP contribution >= 0.6 is 22.9 Å². The van der Waals surface area contributed by atoms with Crippen LogP contribution in [-0.2, 0) is 19.0 Å². The first-order chi connectivity index (χ1) is 17.1. The first-order valence-corrected chi connectivity index (χ1v) is 12.6. The molecule has 0 aliphatic carbocycles. The van der Waals surface area contributed by atoms with E-state index in [-0.39, 0.29) is 24.3 Å². The number of hydrogen-bond acceptors (Lipinski definition) is 8. The minimum Gasteiger partial charge on any atom is -0.382 e. The van der Waals surface area contributed by atoms with Crippen molar-refractivity contribution in [1.82, 2.24) is 20.1 Å². The van der Waals surface area contributed by atoms with Crippen LogP contribution < -0.4 is 5.32 Å². The van der Waals surface area contributed by atoms with Crippen LogP contribution in [0.1, 0.15) is 34.3 Å². The van der Waals surface area contributed by atoms with E-state index in [2.05, 4.69) is 20.5 Å². The van der Waals surface area contributed by atoms with E-state index < -0.39 is 0 Å². The van der Waals surface area contributed by atoms with Crippen LogP contribution in [0.3, 0.4) is 0 Å².